The van der Waals surface area contributed by atoms with Gasteiger partial charge in [0.15, 0.2) is 0 Å². The first-order chi connectivity index (χ1) is 11.7. The summed E-state index contributed by atoms with van der Waals surface area (Å²) < 4.78 is 3.69. The maximum absolute atomic E-state index is 13.3. The molecule has 0 fully saturated rings. The van der Waals surface area contributed by atoms with Crippen molar-refractivity contribution in [3.05, 3.63) is 75.8 Å². The highest BCUT2D eigenvalue weighted by atomic mass is 16.1. The van der Waals surface area contributed by atoms with Crippen molar-refractivity contribution < 1.29 is 0 Å². The molecule has 3 aromatic rings. The fourth-order valence-corrected chi connectivity index (χ4v) is 3.59. The number of hydrogen-bond acceptors (Lipinski definition) is 1. The summed E-state index contributed by atoms with van der Waals surface area (Å²) in [6.45, 7) is 10.6. The third-order valence-electron chi connectivity index (χ3n) is 4.68. The van der Waals surface area contributed by atoms with Crippen molar-refractivity contribution in [2.24, 2.45) is 7.05 Å². The average Bonchev–Trinajstić information content (AvgIpc) is 2.81. The molecule has 1 heterocycles. The van der Waals surface area contributed by atoms with Crippen LogP contribution in [0.5, 0.6) is 0 Å². The van der Waals surface area contributed by atoms with Crippen molar-refractivity contribution in [3.8, 4) is 16.9 Å². The van der Waals surface area contributed by atoms with Crippen molar-refractivity contribution in [1.29, 1.82) is 0 Å². The Balaban J connectivity index is 2.49. The van der Waals surface area contributed by atoms with Gasteiger partial charge in [-0.2, -0.15) is 0 Å². The van der Waals surface area contributed by atoms with Crippen LogP contribution in [0.4, 0.5) is 0 Å². The summed E-state index contributed by atoms with van der Waals surface area (Å²) in [5.41, 5.74) is 6.13. The van der Waals surface area contributed by atoms with Crippen molar-refractivity contribution in [2.75, 3.05) is 0 Å². The SMILES string of the molecule is Cc1cccc(C)c1-n1c(C(C)(C)C)c(-c2ccccc2)n(C)c1=O. The molecule has 0 saturated carbocycles. The number of hydrogen-bond donors (Lipinski definition) is 0. The fourth-order valence-electron chi connectivity index (χ4n) is 3.59. The van der Waals surface area contributed by atoms with Gasteiger partial charge in [-0.25, -0.2) is 4.79 Å². The molecule has 0 saturated heterocycles. The number of benzene rings is 2. The van der Waals surface area contributed by atoms with Crippen LogP contribution >= 0.6 is 0 Å². The number of nitrogens with zero attached hydrogens (tertiary/aromatic N) is 2. The Morgan fingerprint density at radius 3 is 1.92 bits per heavy atom. The van der Waals surface area contributed by atoms with Crippen LogP contribution in [-0.2, 0) is 12.5 Å². The number of rotatable bonds is 2. The van der Waals surface area contributed by atoms with Gasteiger partial charge in [0.25, 0.3) is 0 Å². The lowest BCUT2D eigenvalue weighted by Gasteiger charge is -2.24. The standard InChI is InChI=1S/C22H26N2O/c1-15-11-10-12-16(2)18(15)24-20(22(3,4)5)19(23(6)21(24)25)17-13-8-7-9-14-17/h7-14H,1-6H3. The summed E-state index contributed by atoms with van der Waals surface area (Å²) in [5, 5.41) is 0. The molecule has 2 aromatic carbocycles. The molecule has 0 amide bonds. The summed E-state index contributed by atoms with van der Waals surface area (Å²) in [5.74, 6) is 0. The Hall–Kier alpha value is -2.55. The molecule has 3 nitrogen and oxygen atoms in total. The van der Waals surface area contributed by atoms with Gasteiger partial charge in [-0.05, 0) is 25.0 Å². The maximum Gasteiger partial charge on any atom is 0.333 e. The summed E-state index contributed by atoms with van der Waals surface area (Å²) in [6, 6.07) is 16.3. The van der Waals surface area contributed by atoms with Crippen LogP contribution in [0.3, 0.4) is 0 Å². The second kappa shape index (κ2) is 6.07. The highest BCUT2D eigenvalue weighted by Crippen LogP contribution is 2.35. The van der Waals surface area contributed by atoms with E-state index in [4.69, 9.17) is 0 Å². The van der Waals surface area contributed by atoms with Gasteiger partial charge in [0.05, 0.1) is 17.1 Å². The first-order valence-electron chi connectivity index (χ1n) is 8.67. The highest BCUT2D eigenvalue weighted by molar-refractivity contribution is 5.66. The summed E-state index contributed by atoms with van der Waals surface area (Å²) in [6.07, 6.45) is 0. The number of aromatic nitrogens is 2. The molecular weight excluding hydrogens is 308 g/mol. The first-order valence-corrected chi connectivity index (χ1v) is 8.67. The average molecular weight is 334 g/mol. The second-order valence-corrected chi connectivity index (χ2v) is 7.73. The molecule has 0 atom stereocenters. The van der Waals surface area contributed by atoms with E-state index in [9.17, 15) is 4.79 Å². The van der Waals surface area contributed by atoms with Crippen LogP contribution in [0.2, 0.25) is 0 Å². The van der Waals surface area contributed by atoms with Crippen molar-refractivity contribution in [3.63, 3.8) is 0 Å². The zero-order valence-corrected chi connectivity index (χ0v) is 15.9. The van der Waals surface area contributed by atoms with Crippen molar-refractivity contribution in [2.45, 2.75) is 40.0 Å². The zero-order chi connectivity index (χ0) is 18.4. The van der Waals surface area contributed by atoms with Crippen molar-refractivity contribution in [1.82, 2.24) is 9.13 Å². The molecule has 3 heteroatoms. The summed E-state index contributed by atoms with van der Waals surface area (Å²) in [4.78, 5) is 13.3. The maximum atomic E-state index is 13.3. The van der Waals surface area contributed by atoms with E-state index < -0.39 is 0 Å². The Labute approximate surface area is 149 Å². The molecule has 3 rings (SSSR count). The predicted octanol–water partition coefficient (Wildman–Crippen LogP) is 4.76. The molecule has 0 bridgehead atoms. The smallest absolute Gasteiger partial charge is 0.294 e. The monoisotopic (exact) mass is 334 g/mol. The molecule has 0 aliphatic heterocycles. The Kier molecular flexibility index (Phi) is 4.19. The van der Waals surface area contributed by atoms with Gasteiger partial charge in [0.1, 0.15) is 0 Å². The van der Waals surface area contributed by atoms with Crippen molar-refractivity contribution >= 4 is 0 Å². The van der Waals surface area contributed by atoms with Crippen LogP contribution in [0.15, 0.2) is 53.3 Å². The summed E-state index contributed by atoms with van der Waals surface area (Å²) in [7, 11) is 1.87. The molecule has 0 aliphatic rings. The van der Waals surface area contributed by atoms with E-state index in [0.717, 1.165) is 33.8 Å². The lowest BCUT2D eigenvalue weighted by molar-refractivity contribution is 0.555. The van der Waals surface area contributed by atoms with E-state index in [1.54, 1.807) is 4.57 Å². The molecule has 0 N–H and O–H groups in total. The minimum Gasteiger partial charge on any atom is -0.294 e. The summed E-state index contributed by atoms with van der Waals surface area (Å²) >= 11 is 0. The second-order valence-electron chi connectivity index (χ2n) is 7.73. The van der Waals surface area contributed by atoms with Crippen LogP contribution in [-0.4, -0.2) is 9.13 Å². The predicted molar refractivity (Wildman–Crippen MR) is 105 cm³/mol. The third-order valence-corrected chi connectivity index (χ3v) is 4.68. The van der Waals surface area contributed by atoms with Gasteiger partial charge in [-0.15, -0.1) is 0 Å². The largest absolute Gasteiger partial charge is 0.333 e. The molecule has 1 aromatic heterocycles. The normalized spacial score (nSPS) is 11.8. The molecule has 25 heavy (non-hydrogen) atoms. The van der Waals surface area contributed by atoms with Crippen LogP contribution < -0.4 is 5.69 Å². The Morgan fingerprint density at radius 2 is 1.40 bits per heavy atom. The van der Waals surface area contributed by atoms with Gasteiger partial charge >= 0.3 is 5.69 Å². The van der Waals surface area contributed by atoms with Gasteiger partial charge in [0.2, 0.25) is 0 Å². The molecule has 0 unspecified atom stereocenters. The molecule has 130 valence electrons. The van der Waals surface area contributed by atoms with Gasteiger partial charge in [-0.1, -0.05) is 69.3 Å². The molecule has 0 aliphatic carbocycles. The third kappa shape index (κ3) is 2.84. The minimum absolute atomic E-state index is 0.00109. The Morgan fingerprint density at radius 1 is 0.840 bits per heavy atom. The van der Waals surface area contributed by atoms with Crippen LogP contribution in [0, 0.1) is 13.8 Å². The van der Waals surface area contributed by atoms with Crippen LogP contribution in [0.25, 0.3) is 16.9 Å². The van der Waals surface area contributed by atoms with E-state index in [1.165, 1.54) is 0 Å². The molecule has 0 radical (unpaired) electrons. The topological polar surface area (TPSA) is 26.9 Å². The highest BCUT2D eigenvalue weighted by Gasteiger charge is 2.30. The lowest BCUT2D eigenvalue weighted by Crippen LogP contribution is -2.26. The van der Waals surface area contributed by atoms with E-state index in [1.807, 2.05) is 35.9 Å². The Bertz CT molecular complexity index is 949. The zero-order valence-electron chi connectivity index (χ0n) is 15.9. The number of imidazole rings is 1. The van der Waals surface area contributed by atoms with Gasteiger partial charge < -0.3 is 0 Å². The van der Waals surface area contributed by atoms with E-state index in [2.05, 4.69) is 58.9 Å². The van der Waals surface area contributed by atoms with E-state index >= 15 is 0 Å². The fraction of sp³-hybridized carbons (Fsp3) is 0.318. The number of aryl methyl sites for hydroxylation is 2. The quantitative estimate of drug-likeness (QED) is 0.664. The van der Waals surface area contributed by atoms with Gasteiger partial charge in [0, 0.05) is 18.0 Å². The van der Waals surface area contributed by atoms with E-state index in [0.29, 0.717) is 0 Å². The minimum atomic E-state index is -0.180. The van der Waals surface area contributed by atoms with Gasteiger partial charge in [-0.3, -0.25) is 9.13 Å². The molecular formula is C22H26N2O. The van der Waals surface area contributed by atoms with E-state index in [-0.39, 0.29) is 11.1 Å². The van der Waals surface area contributed by atoms with Crippen LogP contribution in [0.1, 0.15) is 37.6 Å². The lowest BCUT2D eigenvalue weighted by atomic mass is 9.88. The molecule has 0 spiro atoms. The number of para-hydroxylation sites is 1. The first kappa shape index (κ1) is 17.3.